The van der Waals surface area contributed by atoms with Gasteiger partial charge in [0.2, 0.25) is 0 Å². The average molecular weight is 1650 g/mol. The number of hydrogen-bond donors (Lipinski definition) is 0. The highest BCUT2D eigenvalue weighted by Crippen LogP contribution is 2.01. The van der Waals surface area contributed by atoms with Crippen molar-refractivity contribution < 1.29 is 0 Å². The van der Waals surface area contributed by atoms with Crippen molar-refractivity contribution in [3.05, 3.63) is 309 Å². The van der Waals surface area contributed by atoms with E-state index in [4.69, 9.17) is 0 Å². The molecule has 0 aliphatic carbocycles. The Hall–Kier alpha value is -10.8. The van der Waals surface area contributed by atoms with Crippen LogP contribution in [0.25, 0.3) is 0 Å². The average Bonchev–Trinajstić information content (AvgIpc) is 0.942. The SMILES string of the molecule is CC.CC.CC.CC.CC.CC.CC.CC.CC.CC.CC.CC.Cc1cc(C)ncn1.Cc1cccc(C)n1.Cc1ccnc(C)c1.Cc1ccnc(C)c1.Cc1ccnc(C)n1.Cc1ccnc(C)n1.Cc1cnc(C)cn1.Cc1cnc(C)cn1.Cc1cnc(C)nc1.Cc1cnc(C)nc1.Cc1cncc(C)c1.Cc1cncc(C)n1. The first-order chi connectivity index (χ1) is 57.5. The van der Waals surface area contributed by atoms with Gasteiger partial charge < -0.3 is 0 Å². The Morgan fingerprint density at radius 3 is 0.558 bits per heavy atom. The van der Waals surface area contributed by atoms with Gasteiger partial charge in [-0.25, -0.2) is 49.8 Å². The Balaban J connectivity index is -0.000000104. The summed E-state index contributed by atoms with van der Waals surface area (Å²) in [6, 6.07) is 21.9. The van der Waals surface area contributed by atoms with E-state index < -0.39 is 0 Å². The summed E-state index contributed by atoms with van der Waals surface area (Å²) in [5.74, 6) is 3.33. The van der Waals surface area contributed by atoms with Crippen LogP contribution in [0, 0.1) is 166 Å². The van der Waals surface area contributed by atoms with Crippen LogP contribution < -0.4 is 0 Å². The third-order valence-corrected chi connectivity index (χ3v) is 11.4. The predicted octanol–water partition coefficient (Wildman–Crippen LogP) is 27.9. The summed E-state index contributed by atoms with van der Waals surface area (Å²) >= 11 is 0. The molecule has 120 heavy (non-hydrogen) atoms. The van der Waals surface area contributed by atoms with E-state index in [9.17, 15) is 0 Å². The topological polar surface area (TPSA) is 258 Å². The highest BCUT2D eigenvalue weighted by molar-refractivity contribution is 5.16. The molecule has 12 rings (SSSR count). The molecule has 0 spiro atoms. The van der Waals surface area contributed by atoms with Gasteiger partial charge >= 0.3 is 0 Å². The summed E-state index contributed by atoms with van der Waals surface area (Å²) in [4.78, 5) is 80.0. The maximum absolute atomic E-state index is 4.17. The van der Waals surface area contributed by atoms with Crippen molar-refractivity contribution in [1.29, 1.82) is 0 Å². The molecule has 0 aliphatic rings. The largest absolute Gasteiger partial charge is 0.264 e. The Kier molecular flexibility index (Phi) is 118. The number of pyridine rings is 4. The van der Waals surface area contributed by atoms with Crippen LogP contribution in [-0.4, -0.2) is 99.7 Å². The van der Waals surface area contributed by atoms with Gasteiger partial charge in [0.15, 0.2) is 0 Å². The first-order valence-electron chi connectivity index (χ1n) is 43.1. The monoisotopic (exact) mass is 1650 g/mol. The maximum Gasteiger partial charge on any atom is 0.125 e. The second-order valence-corrected chi connectivity index (χ2v) is 22.2. The van der Waals surface area contributed by atoms with Gasteiger partial charge in [-0.05, 0) is 254 Å². The fraction of sp³-hybridized carbons (Fsp3) is 0.480. The molecule has 12 aromatic heterocycles. The molecule has 0 bridgehead atoms. The van der Waals surface area contributed by atoms with Crippen LogP contribution in [0.5, 0.6) is 0 Å². The number of rotatable bonds is 0. The number of aromatic nitrogens is 20. The lowest BCUT2D eigenvalue weighted by Gasteiger charge is -1.90. The van der Waals surface area contributed by atoms with Crippen molar-refractivity contribution in [2.75, 3.05) is 0 Å². The summed E-state index contributed by atoms with van der Waals surface area (Å²) in [6.45, 7) is 95.0. The number of aryl methyl sites for hydroxylation is 24. The molecule has 0 amide bonds. The lowest BCUT2D eigenvalue weighted by atomic mass is 10.2. The van der Waals surface area contributed by atoms with Crippen LogP contribution in [0.4, 0.5) is 0 Å². The predicted molar refractivity (Wildman–Crippen MR) is 523 cm³/mol. The molecule has 12 heterocycles. The van der Waals surface area contributed by atoms with Gasteiger partial charge in [0.1, 0.15) is 29.6 Å². The minimum absolute atomic E-state index is 0.829. The standard InChI is InChI=1S/4C7H9N.8C6H8N2.12C2H6/c1-6-3-7(2)5-8-4-6;2*1-6-3-4-8-7(2)5-6;1-6-4-3-5-7(2)8-6;2*1-5-3-8-6(2)4-7-5;1-5-3-7-4-6(2)8-5;1-5-3-6(2)8-4-7-5;2*1-5-3-7-6(2)8-4-5;2*1-5-3-4-7-6(2)8-5;12*1-2/h4*3-5H,1-2H3;8*3-4H,1-2H3;12*1-2H3. The summed E-state index contributed by atoms with van der Waals surface area (Å²) in [6.07, 6.45) is 30.2. The Morgan fingerprint density at radius 1 is 0.150 bits per heavy atom. The third-order valence-electron chi connectivity index (χ3n) is 11.4. The lowest BCUT2D eigenvalue weighted by Crippen LogP contribution is -1.86. The zero-order valence-electron chi connectivity index (χ0n) is 85.1. The van der Waals surface area contributed by atoms with Crippen molar-refractivity contribution in [2.45, 2.75) is 332 Å². The normalized spacial score (nSPS) is 8.00. The van der Waals surface area contributed by atoms with Crippen molar-refractivity contribution >= 4 is 0 Å². The van der Waals surface area contributed by atoms with E-state index >= 15 is 0 Å². The minimum atomic E-state index is 0.829. The van der Waals surface area contributed by atoms with Gasteiger partial charge in [0.25, 0.3) is 0 Å². The summed E-state index contributed by atoms with van der Waals surface area (Å²) in [5, 5.41) is 0. The highest BCUT2D eigenvalue weighted by atomic mass is 14.9. The maximum atomic E-state index is 4.17. The molecule has 672 valence electrons. The van der Waals surface area contributed by atoms with E-state index in [1.807, 2.05) is 417 Å². The molecule has 0 saturated carbocycles. The molecule has 12 aromatic rings. The number of hydrogen-bond acceptors (Lipinski definition) is 20. The van der Waals surface area contributed by atoms with Crippen LogP contribution >= 0.6 is 0 Å². The van der Waals surface area contributed by atoms with Gasteiger partial charge in [-0.15, -0.1) is 0 Å². The fourth-order valence-corrected chi connectivity index (χ4v) is 6.91. The number of nitrogens with zero attached hydrogens (tertiary/aromatic N) is 20. The molecule has 0 unspecified atom stereocenters. The van der Waals surface area contributed by atoms with E-state index in [2.05, 4.69) is 132 Å². The summed E-state index contributed by atoms with van der Waals surface area (Å²) < 4.78 is 0. The van der Waals surface area contributed by atoms with Gasteiger partial charge in [0.05, 0.1) is 34.2 Å². The zero-order valence-corrected chi connectivity index (χ0v) is 85.1. The van der Waals surface area contributed by atoms with Crippen LogP contribution in [0.3, 0.4) is 0 Å². The highest BCUT2D eigenvalue weighted by Gasteiger charge is 1.91. The zero-order chi connectivity index (χ0) is 95.8. The smallest absolute Gasteiger partial charge is 0.125 e. The minimum Gasteiger partial charge on any atom is -0.264 e. The van der Waals surface area contributed by atoms with Crippen LogP contribution in [-0.2, 0) is 0 Å². The molecule has 0 radical (unpaired) electrons. The quantitative estimate of drug-likeness (QED) is 0.137. The first-order valence-corrected chi connectivity index (χ1v) is 43.1. The molecular formula is C100H172N20. The van der Waals surface area contributed by atoms with Crippen LogP contribution in [0.15, 0.2) is 172 Å². The van der Waals surface area contributed by atoms with E-state index in [-0.39, 0.29) is 0 Å². The van der Waals surface area contributed by atoms with Gasteiger partial charge in [-0.2, -0.15) is 0 Å². The fourth-order valence-electron chi connectivity index (χ4n) is 6.91. The molecule has 0 fully saturated rings. The third kappa shape index (κ3) is 101. The molecule has 20 heteroatoms. The summed E-state index contributed by atoms with van der Waals surface area (Å²) in [5.41, 5.74) is 21.5. The molecule has 0 atom stereocenters. The van der Waals surface area contributed by atoms with E-state index in [0.29, 0.717) is 0 Å². The van der Waals surface area contributed by atoms with Crippen molar-refractivity contribution in [1.82, 2.24) is 99.7 Å². The molecule has 0 saturated heterocycles. The Morgan fingerprint density at radius 2 is 0.400 bits per heavy atom. The second kappa shape index (κ2) is 104. The summed E-state index contributed by atoms with van der Waals surface area (Å²) in [7, 11) is 0. The Labute approximate surface area is 736 Å². The molecule has 20 nitrogen and oxygen atoms in total. The molecular weight excluding hydrogens is 1480 g/mol. The second-order valence-electron chi connectivity index (χ2n) is 22.2. The van der Waals surface area contributed by atoms with Crippen molar-refractivity contribution in [3.8, 4) is 0 Å². The lowest BCUT2D eigenvalue weighted by molar-refractivity contribution is 1.01. The Bertz CT molecular complexity index is 3090. The van der Waals surface area contributed by atoms with E-state index in [0.717, 1.165) is 114 Å². The van der Waals surface area contributed by atoms with Crippen molar-refractivity contribution in [3.63, 3.8) is 0 Å². The first kappa shape index (κ1) is 135. The molecule has 0 aliphatic heterocycles. The van der Waals surface area contributed by atoms with Crippen molar-refractivity contribution in [2.24, 2.45) is 0 Å². The van der Waals surface area contributed by atoms with E-state index in [1.165, 1.54) is 22.3 Å². The van der Waals surface area contributed by atoms with Gasteiger partial charge in [0, 0.05) is 145 Å². The molecule has 0 aromatic carbocycles. The van der Waals surface area contributed by atoms with Crippen LogP contribution in [0.1, 0.15) is 303 Å². The molecule has 0 N–H and O–H groups in total. The van der Waals surface area contributed by atoms with E-state index in [1.54, 1.807) is 55.9 Å². The van der Waals surface area contributed by atoms with Crippen LogP contribution in [0.2, 0.25) is 0 Å². The van der Waals surface area contributed by atoms with Gasteiger partial charge in [-0.1, -0.05) is 178 Å². The van der Waals surface area contributed by atoms with Gasteiger partial charge in [-0.3, -0.25) is 49.8 Å².